The first-order valence-electron chi connectivity index (χ1n) is 4.92. The normalized spacial score (nSPS) is 19.9. The molecule has 76 valence electrons. The van der Waals surface area contributed by atoms with Crippen molar-refractivity contribution in [2.45, 2.75) is 32.6 Å². The van der Waals surface area contributed by atoms with Gasteiger partial charge in [-0.05, 0) is 40.9 Å². The Morgan fingerprint density at radius 1 is 1.43 bits per heavy atom. The van der Waals surface area contributed by atoms with Crippen LogP contribution in [-0.4, -0.2) is 5.78 Å². The van der Waals surface area contributed by atoms with Gasteiger partial charge in [0.1, 0.15) is 0 Å². The van der Waals surface area contributed by atoms with E-state index < -0.39 is 0 Å². The van der Waals surface area contributed by atoms with Gasteiger partial charge < -0.3 is 4.42 Å². The van der Waals surface area contributed by atoms with E-state index in [-0.39, 0.29) is 11.2 Å². The summed E-state index contributed by atoms with van der Waals surface area (Å²) in [4.78, 5) is 12.1. The molecule has 2 nitrogen and oxygen atoms in total. The Balaban J connectivity index is 2.23. The van der Waals surface area contributed by atoms with Crippen LogP contribution in [0.3, 0.4) is 0 Å². The summed E-state index contributed by atoms with van der Waals surface area (Å²) in [6, 6.07) is 3.52. The zero-order valence-corrected chi connectivity index (χ0v) is 9.76. The number of Topliss-reactive ketones (excluding diaryl/α,β-unsaturated/α-hetero) is 1. The average Bonchev–Trinajstić information content (AvgIpc) is 2.74. The average molecular weight is 257 g/mol. The monoisotopic (exact) mass is 256 g/mol. The molecule has 0 saturated heterocycles. The zero-order valence-electron chi connectivity index (χ0n) is 8.18. The zero-order chi connectivity index (χ0) is 10.2. The Hall–Kier alpha value is -0.570. The van der Waals surface area contributed by atoms with Gasteiger partial charge in [0.15, 0.2) is 10.4 Å². The lowest BCUT2D eigenvalue weighted by Gasteiger charge is -2.19. The van der Waals surface area contributed by atoms with Crippen molar-refractivity contribution in [1.29, 1.82) is 0 Å². The molecule has 0 atom stereocenters. The summed E-state index contributed by atoms with van der Waals surface area (Å²) >= 11 is 3.21. The molecule has 0 spiro atoms. The fourth-order valence-corrected chi connectivity index (χ4v) is 2.42. The van der Waals surface area contributed by atoms with Crippen molar-refractivity contribution in [3.63, 3.8) is 0 Å². The first-order chi connectivity index (χ1) is 6.62. The van der Waals surface area contributed by atoms with Crippen LogP contribution in [0.2, 0.25) is 0 Å². The Labute approximate surface area is 91.8 Å². The van der Waals surface area contributed by atoms with Crippen LogP contribution >= 0.6 is 15.9 Å². The second kappa shape index (κ2) is 3.54. The lowest BCUT2D eigenvalue weighted by molar-refractivity contribution is 0.0791. The molecule has 1 aromatic heterocycles. The molecule has 1 aliphatic carbocycles. The van der Waals surface area contributed by atoms with Crippen LogP contribution in [0.5, 0.6) is 0 Å². The third-order valence-electron chi connectivity index (χ3n) is 3.05. The van der Waals surface area contributed by atoms with Gasteiger partial charge in [-0.3, -0.25) is 4.79 Å². The van der Waals surface area contributed by atoms with Crippen molar-refractivity contribution >= 4 is 21.7 Å². The highest BCUT2D eigenvalue weighted by Gasteiger charge is 2.38. The van der Waals surface area contributed by atoms with E-state index in [9.17, 15) is 4.79 Å². The van der Waals surface area contributed by atoms with Gasteiger partial charge in [0, 0.05) is 5.41 Å². The van der Waals surface area contributed by atoms with E-state index in [1.54, 1.807) is 12.1 Å². The number of carbonyl (C=O) groups is 1. The largest absolute Gasteiger partial charge is 0.446 e. The van der Waals surface area contributed by atoms with Gasteiger partial charge in [-0.1, -0.05) is 19.8 Å². The summed E-state index contributed by atoms with van der Waals surface area (Å²) in [6.07, 6.45) is 4.29. The van der Waals surface area contributed by atoms with E-state index in [1.165, 1.54) is 0 Å². The highest BCUT2D eigenvalue weighted by molar-refractivity contribution is 9.10. The standard InChI is InChI=1S/C11H13BrO2/c1-11(6-2-3-7-11)10(13)8-4-5-9(12)14-8/h4-5H,2-3,6-7H2,1H3. The molecule has 0 radical (unpaired) electrons. The van der Waals surface area contributed by atoms with Crippen LogP contribution in [0.4, 0.5) is 0 Å². The summed E-state index contributed by atoms with van der Waals surface area (Å²) in [5.41, 5.74) is -0.183. The first-order valence-corrected chi connectivity index (χ1v) is 5.71. The maximum atomic E-state index is 12.1. The minimum atomic E-state index is -0.183. The third-order valence-corrected chi connectivity index (χ3v) is 3.48. The number of rotatable bonds is 2. The van der Waals surface area contributed by atoms with Crippen molar-refractivity contribution in [2.75, 3.05) is 0 Å². The molecule has 0 aliphatic heterocycles. The topological polar surface area (TPSA) is 30.2 Å². The summed E-state index contributed by atoms with van der Waals surface area (Å²) in [5.74, 6) is 0.641. The second-order valence-corrected chi connectivity index (χ2v) is 4.98. The van der Waals surface area contributed by atoms with E-state index in [0.29, 0.717) is 10.4 Å². The van der Waals surface area contributed by atoms with Gasteiger partial charge >= 0.3 is 0 Å². The van der Waals surface area contributed by atoms with Crippen LogP contribution in [0, 0.1) is 5.41 Å². The predicted molar refractivity (Wildman–Crippen MR) is 57.3 cm³/mol. The molecule has 1 aliphatic rings. The molecule has 0 unspecified atom stereocenters. The van der Waals surface area contributed by atoms with Crippen molar-refractivity contribution in [2.24, 2.45) is 5.41 Å². The van der Waals surface area contributed by atoms with E-state index in [4.69, 9.17) is 4.42 Å². The summed E-state index contributed by atoms with van der Waals surface area (Å²) in [6.45, 7) is 2.04. The highest BCUT2D eigenvalue weighted by Crippen LogP contribution is 2.40. The number of hydrogen-bond acceptors (Lipinski definition) is 2. The van der Waals surface area contributed by atoms with Crippen molar-refractivity contribution < 1.29 is 9.21 Å². The van der Waals surface area contributed by atoms with E-state index in [0.717, 1.165) is 25.7 Å². The maximum Gasteiger partial charge on any atom is 0.203 e. The molecule has 0 bridgehead atoms. The van der Waals surface area contributed by atoms with Gasteiger partial charge in [0.2, 0.25) is 5.78 Å². The van der Waals surface area contributed by atoms with Crippen molar-refractivity contribution in [1.82, 2.24) is 0 Å². The van der Waals surface area contributed by atoms with E-state index in [1.807, 2.05) is 6.92 Å². The first kappa shape index (κ1) is 9.97. The number of furan rings is 1. The third kappa shape index (κ3) is 1.65. The SMILES string of the molecule is CC1(C(=O)c2ccc(Br)o2)CCCC1. The summed E-state index contributed by atoms with van der Waals surface area (Å²) in [7, 11) is 0. The van der Waals surface area contributed by atoms with Gasteiger partial charge in [0.05, 0.1) is 0 Å². The number of ketones is 1. The number of halogens is 1. The van der Waals surface area contributed by atoms with Gasteiger partial charge in [-0.15, -0.1) is 0 Å². The van der Waals surface area contributed by atoms with Crippen LogP contribution < -0.4 is 0 Å². The van der Waals surface area contributed by atoms with E-state index >= 15 is 0 Å². The van der Waals surface area contributed by atoms with Crippen LogP contribution in [0.1, 0.15) is 43.2 Å². The predicted octanol–water partition coefficient (Wildman–Crippen LogP) is 3.81. The lowest BCUT2D eigenvalue weighted by atomic mass is 9.83. The second-order valence-electron chi connectivity index (χ2n) is 4.20. The molecule has 1 saturated carbocycles. The Bertz CT molecular complexity index is 348. The molecule has 0 amide bonds. The van der Waals surface area contributed by atoms with Crippen LogP contribution in [0.15, 0.2) is 21.2 Å². The Morgan fingerprint density at radius 2 is 2.07 bits per heavy atom. The maximum absolute atomic E-state index is 12.1. The quantitative estimate of drug-likeness (QED) is 0.754. The minimum absolute atomic E-state index is 0.153. The molecular formula is C11H13BrO2. The summed E-state index contributed by atoms with van der Waals surface area (Å²) < 4.78 is 5.92. The van der Waals surface area contributed by atoms with Crippen LogP contribution in [-0.2, 0) is 0 Å². The summed E-state index contributed by atoms with van der Waals surface area (Å²) in [5, 5.41) is 0. The van der Waals surface area contributed by atoms with Gasteiger partial charge in [0.25, 0.3) is 0 Å². The van der Waals surface area contributed by atoms with Gasteiger partial charge in [-0.2, -0.15) is 0 Å². The molecule has 14 heavy (non-hydrogen) atoms. The molecule has 1 heterocycles. The number of hydrogen-bond donors (Lipinski definition) is 0. The molecular weight excluding hydrogens is 244 g/mol. The molecule has 1 aromatic rings. The molecule has 0 N–H and O–H groups in total. The van der Waals surface area contributed by atoms with Crippen molar-refractivity contribution in [3.8, 4) is 0 Å². The van der Waals surface area contributed by atoms with Crippen molar-refractivity contribution in [3.05, 3.63) is 22.6 Å². The fourth-order valence-electron chi connectivity index (χ4n) is 2.12. The lowest BCUT2D eigenvalue weighted by Crippen LogP contribution is -2.23. The van der Waals surface area contributed by atoms with E-state index in [2.05, 4.69) is 15.9 Å². The smallest absolute Gasteiger partial charge is 0.203 e. The number of carbonyl (C=O) groups excluding carboxylic acids is 1. The van der Waals surface area contributed by atoms with Gasteiger partial charge in [-0.25, -0.2) is 0 Å². The highest BCUT2D eigenvalue weighted by atomic mass is 79.9. The van der Waals surface area contributed by atoms with Crippen LogP contribution in [0.25, 0.3) is 0 Å². The fraction of sp³-hybridized carbons (Fsp3) is 0.545. The molecule has 3 heteroatoms. The molecule has 1 fully saturated rings. The molecule has 0 aromatic carbocycles. The molecule has 2 rings (SSSR count). The Morgan fingerprint density at radius 3 is 2.57 bits per heavy atom. The Kier molecular flexibility index (Phi) is 2.52. The minimum Gasteiger partial charge on any atom is -0.446 e.